The molecule has 0 radical (unpaired) electrons. The van der Waals surface area contributed by atoms with Crippen LogP contribution in [0.1, 0.15) is 10.6 Å². The van der Waals surface area contributed by atoms with E-state index in [2.05, 4.69) is 22.2 Å². The molecule has 0 saturated heterocycles. The normalized spacial score (nSPS) is 10.8. The van der Waals surface area contributed by atoms with Crippen LogP contribution in [0.2, 0.25) is 0 Å². The van der Waals surface area contributed by atoms with Crippen molar-refractivity contribution in [2.24, 2.45) is 0 Å². The molecule has 2 aromatic heterocycles. The molecular formula is C14H14N4S. The van der Waals surface area contributed by atoms with Gasteiger partial charge in [0.05, 0.1) is 17.7 Å². The maximum atomic E-state index is 5.95. The third kappa shape index (κ3) is 2.51. The number of hydrogen-bond acceptors (Lipinski definition) is 4. The summed E-state index contributed by atoms with van der Waals surface area (Å²) in [5.41, 5.74) is 8.98. The first-order valence-corrected chi connectivity index (χ1v) is 6.83. The van der Waals surface area contributed by atoms with Gasteiger partial charge in [-0.05, 0) is 12.5 Å². The van der Waals surface area contributed by atoms with Crippen LogP contribution in [0.25, 0.3) is 11.3 Å². The Morgan fingerprint density at radius 1 is 1.26 bits per heavy atom. The lowest BCUT2D eigenvalue weighted by Gasteiger charge is -2.00. The van der Waals surface area contributed by atoms with E-state index in [0.29, 0.717) is 0 Å². The first-order chi connectivity index (χ1) is 9.22. The molecular weight excluding hydrogens is 256 g/mol. The van der Waals surface area contributed by atoms with Gasteiger partial charge in [0.2, 0.25) is 0 Å². The van der Waals surface area contributed by atoms with Crippen LogP contribution in [0.5, 0.6) is 0 Å². The van der Waals surface area contributed by atoms with Gasteiger partial charge in [0.25, 0.3) is 0 Å². The van der Waals surface area contributed by atoms with E-state index < -0.39 is 0 Å². The molecule has 2 N–H and O–H groups in total. The van der Waals surface area contributed by atoms with E-state index >= 15 is 0 Å². The Kier molecular flexibility index (Phi) is 3.05. The van der Waals surface area contributed by atoms with Gasteiger partial charge in [-0.3, -0.25) is 4.68 Å². The molecule has 0 saturated carbocycles. The van der Waals surface area contributed by atoms with Crippen LogP contribution in [-0.4, -0.2) is 14.8 Å². The molecule has 19 heavy (non-hydrogen) atoms. The third-order valence-corrected chi connectivity index (χ3v) is 3.65. The summed E-state index contributed by atoms with van der Waals surface area (Å²) < 4.78 is 1.90. The van der Waals surface area contributed by atoms with Crippen LogP contribution >= 0.6 is 11.3 Å². The van der Waals surface area contributed by atoms with E-state index in [1.807, 2.05) is 42.2 Å². The highest BCUT2D eigenvalue weighted by Crippen LogP contribution is 2.29. The van der Waals surface area contributed by atoms with Gasteiger partial charge in [-0.15, -0.1) is 11.3 Å². The molecule has 4 nitrogen and oxygen atoms in total. The Morgan fingerprint density at radius 2 is 2.05 bits per heavy atom. The maximum Gasteiger partial charge on any atom is 0.114 e. The van der Waals surface area contributed by atoms with E-state index in [9.17, 15) is 0 Å². The van der Waals surface area contributed by atoms with Crippen LogP contribution in [-0.2, 0) is 6.54 Å². The fourth-order valence-corrected chi connectivity index (χ4v) is 2.71. The second-order valence-electron chi connectivity index (χ2n) is 4.36. The Morgan fingerprint density at radius 3 is 2.74 bits per heavy atom. The van der Waals surface area contributed by atoms with E-state index in [4.69, 9.17) is 5.73 Å². The fraction of sp³-hybridized carbons (Fsp3) is 0.143. The average molecular weight is 270 g/mol. The molecule has 0 bridgehead atoms. The largest absolute Gasteiger partial charge is 0.389 e. The van der Waals surface area contributed by atoms with Crippen LogP contribution in [0, 0.1) is 6.92 Å². The maximum absolute atomic E-state index is 5.95. The molecule has 0 aliphatic carbocycles. The zero-order chi connectivity index (χ0) is 13.2. The van der Waals surface area contributed by atoms with Crippen molar-refractivity contribution in [3.05, 3.63) is 53.3 Å². The predicted octanol–water partition coefficient (Wildman–Crippen LogP) is 2.95. The lowest BCUT2D eigenvalue weighted by molar-refractivity contribution is 0.687. The molecule has 0 unspecified atom stereocenters. The number of rotatable bonds is 3. The van der Waals surface area contributed by atoms with Gasteiger partial charge in [0, 0.05) is 11.8 Å². The molecule has 5 heteroatoms. The van der Waals surface area contributed by atoms with Gasteiger partial charge in [0.1, 0.15) is 10.7 Å². The quantitative estimate of drug-likeness (QED) is 0.796. The van der Waals surface area contributed by atoms with Crippen molar-refractivity contribution in [1.29, 1.82) is 0 Å². The zero-order valence-electron chi connectivity index (χ0n) is 10.6. The Balaban J connectivity index is 1.86. The van der Waals surface area contributed by atoms with Crippen LogP contribution in [0.3, 0.4) is 0 Å². The summed E-state index contributed by atoms with van der Waals surface area (Å²) >= 11 is 1.51. The number of aromatic nitrogens is 3. The Labute approximate surface area is 115 Å². The third-order valence-electron chi connectivity index (χ3n) is 2.85. The summed E-state index contributed by atoms with van der Waals surface area (Å²) in [6.07, 6.45) is 3.80. The Hall–Kier alpha value is -2.14. The van der Waals surface area contributed by atoms with E-state index in [-0.39, 0.29) is 0 Å². The van der Waals surface area contributed by atoms with Crippen molar-refractivity contribution in [3.63, 3.8) is 0 Å². The molecule has 3 aromatic rings. The first kappa shape index (κ1) is 11.9. The predicted molar refractivity (Wildman–Crippen MR) is 78.0 cm³/mol. The summed E-state index contributed by atoms with van der Waals surface area (Å²) in [5, 5.41) is 6.09. The molecule has 96 valence electrons. The van der Waals surface area contributed by atoms with Gasteiger partial charge in [-0.2, -0.15) is 5.10 Å². The minimum Gasteiger partial charge on any atom is -0.389 e. The Bertz CT molecular complexity index is 685. The van der Waals surface area contributed by atoms with Gasteiger partial charge in [-0.1, -0.05) is 30.3 Å². The second kappa shape index (κ2) is 4.85. The number of thiazole rings is 1. The molecule has 1 aromatic carbocycles. The second-order valence-corrected chi connectivity index (χ2v) is 5.59. The highest BCUT2D eigenvalue weighted by molar-refractivity contribution is 7.16. The van der Waals surface area contributed by atoms with Gasteiger partial charge >= 0.3 is 0 Å². The number of aryl methyl sites for hydroxylation is 1. The van der Waals surface area contributed by atoms with E-state index in [0.717, 1.165) is 27.8 Å². The van der Waals surface area contributed by atoms with Gasteiger partial charge < -0.3 is 5.73 Å². The standard InChI is InChI=1S/C14H14N4S/c1-10-17-13(14(15)19-10)12-7-16-18(9-12)8-11-5-3-2-4-6-11/h2-7,9H,8,15H2,1H3. The summed E-state index contributed by atoms with van der Waals surface area (Å²) in [6, 6.07) is 10.2. The number of nitrogens with two attached hydrogens (primary N) is 1. The minimum atomic E-state index is 0.747. The van der Waals surface area contributed by atoms with Crippen molar-refractivity contribution >= 4 is 16.3 Å². The lowest BCUT2D eigenvalue weighted by Crippen LogP contribution is -1.99. The highest BCUT2D eigenvalue weighted by atomic mass is 32.1. The van der Waals surface area contributed by atoms with Gasteiger partial charge in [0.15, 0.2) is 0 Å². The first-order valence-electron chi connectivity index (χ1n) is 6.02. The number of anilines is 1. The zero-order valence-corrected chi connectivity index (χ0v) is 11.4. The molecule has 0 spiro atoms. The average Bonchev–Trinajstić information content (AvgIpc) is 2.97. The molecule has 0 amide bonds. The monoisotopic (exact) mass is 270 g/mol. The van der Waals surface area contributed by atoms with Crippen molar-refractivity contribution in [1.82, 2.24) is 14.8 Å². The van der Waals surface area contributed by atoms with Gasteiger partial charge in [-0.25, -0.2) is 4.98 Å². The number of nitrogen functional groups attached to an aromatic ring is 1. The van der Waals surface area contributed by atoms with E-state index in [1.165, 1.54) is 16.9 Å². The van der Waals surface area contributed by atoms with Crippen molar-refractivity contribution in [2.45, 2.75) is 13.5 Å². The summed E-state index contributed by atoms with van der Waals surface area (Å²) in [6.45, 7) is 2.71. The molecule has 0 atom stereocenters. The SMILES string of the molecule is Cc1nc(-c2cnn(Cc3ccccc3)c2)c(N)s1. The van der Waals surface area contributed by atoms with Crippen LogP contribution in [0.4, 0.5) is 5.00 Å². The van der Waals surface area contributed by atoms with Crippen molar-refractivity contribution in [2.75, 3.05) is 5.73 Å². The number of nitrogens with zero attached hydrogens (tertiary/aromatic N) is 3. The fourth-order valence-electron chi connectivity index (χ4n) is 1.99. The number of hydrogen-bond donors (Lipinski definition) is 1. The molecule has 0 fully saturated rings. The lowest BCUT2D eigenvalue weighted by atomic mass is 10.2. The highest BCUT2D eigenvalue weighted by Gasteiger charge is 2.10. The minimum absolute atomic E-state index is 0.747. The summed E-state index contributed by atoms with van der Waals surface area (Å²) in [7, 11) is 0. The van der Waals surface area contributed by atoms with E-state index in [1.54, 1.807) is 0 Å². The summed E-state index contributed by atoms with van der Waals surface area (Å²) in [5.74, 6) is 0. The van der Waals surface area contributed by atoms with Crippen molar-refractivity contribution in [3.8, 4) is 11.3 Å². The number of benzene rings is 1. The van der Waals surface area contributed by atoms with Crippen molar-refractivity contribution < 1.29 is 0 Å². The van der Waals surface area contributed by atoms with Crippen LogP contribution < -0.4 is 5.73 Å². The molecule has 0 aliphatic heterocycles. The molecule has 3 rings (SSSR count). The molecule has 0 aliphatic rings. The van der Waals surface area contributed by atoms with Crippen LogP contribution in [0.15, 0.2) is 42.7 Å². The summed E-state index contributed by atoms with van der Waals surface area (Å²) in [4.78, 5) is 4.44. The topological polar surface area (TPSA) is 56.7 Å². The smallest absolute Gasteiger partial charge is 0.114 e. The molecule has 2 heterocycles.